The lowest BCUT2D eigenvalue weighted by Crippen LogP contribution is -1.84. The van der Waals surface area contributed by atoms with Crippen LogP contribution in [0.1, 0.15) is 18.1 Å². The Hall–Kier alpha value is -2.41. The van der Waals surface area contributed by atoms with E-state index >= 15 is 0 Å². The van der Waals surface area contributed by atoms with E-state index in [2.05, 4.69) is 6.08 Å². The second-order valence-corrected chi connectivity index (χ2v) is 4.32. The minimum atomic E-state index is 0.0508. The van der Waals surface area contributed by atoms with Crippen LogP contribution in [0.15, 0.2) is 72.8 Å². The van der Waals surface area contributed by atoms with E-state index in [-0.39, 0.29) is 5.78 Å². The smallest absolute Gasteiger partial charge is 0.152 e. The number of allylic oxidation sites excluding steroid dienone is 3. The fraction of sp³-hybridized carbons (Fsp3) is 0.0556. The minimum Gasteiger partial charge on any atom is -0.295 e. The van der Waals surface area contributed by atoms with Gasteiger partial charge < -0.3 is 0 Å². The molecule has 1 nitrogen and oxygen atoms in total. The molecule has 19 heavy (non-hydrogen) atoms. The lowest BCUT2D eigenvalue weighted by Gasteiger charge is -2.03. The van der Waals surface area contributed by atoms with Crippen molar-refractivity contribution in [1.82, 2.24) is 0 Å². The van der Waals surface area contributed by atoms with Crippen LogP contribution in [0.3, 0.4) is 0 Å². The lowest BCUT2D eigenvalue weighted by molar-refractivity contribution is -0.112. The molecule has 0 unspecified atom stereocenters. The van der Waals surface area contributed by atoms with Gasteiger partial charge >= 0.3 is 0 Å². The molecule has 0 amide bonds. The maximum absolute atomic E-state index is 11.1. The fourth-order valence-corrected chi connectivity index (χ4v) is 1.79. The van der Waals surface area contributed by atoms with E-state index in [0.717, 1.165) is 16.7 Å². The van der Waals surface area contributed by atoms with Crippen LogP contribution in [-0.4, -0.2) is 5.78 Å². The third-order valence-electron chi connectivity index (χ3n) is 2.73. The molecular formula is C18H16O. The second-order valence-electron chi connectivity index (χ2n) is 4.32. The van der Waals surface area contributed by atoms with Crippen molar-refractivity contribution in [2.45, 2.75) is 6.92 Å². The van der Waals surface area contributed by atoms with Crippen LogP contribution >= 0.6 is 0 Å². The summed E-state index contributed by atoms with van der Waals surface area (Å²) >= 11 is 0. The predicted molar refractivity (Wildman–Crippen MR) is 80.6 cm³/mol. The number of hydrogen-bond acceptors (Lipinski definition) is 1. The Morgan fingerprint density at radius 3 is 2.00 bits per heavy atom. The highest BCUT2D eigenvalue weighted by molar-refractivity contribution is 5.94. The number of benzene rings is 2. The van der Waals surface area contributed by atoms with Crippen LogP contribution in [0.2, 0.25) is 0 Å². The van der Waals surface area contributed by atoms with E-state index in [9.17, 15) is 4.79 Å². The summed E-state index contributed by atoms with van der Waals surface area (Å²) in [5.41, 5.74) is 3.25. The van der Waals surface area contributed by atoms with Gasteiger partial charge in [-0.15, -0.1) is 0 Å². The van der Waals surface area contributed by atoms with E-state index in [1.54, 1.807) is 13.0 Å². The zero-order valence-corrected chi connectivity index (χ0v) is 10.9. The van der Waals surface area contributed by atoms with Crippen molar-refractivity contribution in [3.05, 3.63) is 83.9 Å². The Kier molecular flexibility index (Phi) is 4.46. The van der Waals surface area contributed by atoms with Crippen LogP contribution in [0.25, 0.3) is 11.6 Å². The normalized spacial score (nSPS) is 11.7. The highest BCUT2D eigenvalue weighted by Gasteiger charge is 1.98. The molecule has 0 radical (unpaired) electrons. The van der Waals surface area contributed by atoms with Crippen molar-refractivity contribution in [3.63, 3.8) is 0 Å². The number of carbonyl (C=O) groups excluding carboxylic acids is 1. The molecule has 2 aromatic carbocycles. The molecule has 0 fully saturated rings. The molecular weight excluding hydrogens is 232 g/mol. The van der Waals surface area contributed by atoms with Gasteiger partial charge in [-0.1, -0.05) is 66.7 Å². The van der Waals surface area contributed by atoms with E-state index in [0.29, 0.717) is 0 Å². The van der Waals surface area contributed by atoms with E-state index in [1.807, 2.05) is 66.7 Å². The van der Waals surface area contributed by atoms with Gasteiger partial charge in [0.05, 0.1) is 0 Å². The quantitative estimate of drug-likeness (QED) is 0.446. The van der Waals surface area contributed by atoms with Gasteiger partial charge in [0.25, 0.3) is 0 Å². The zero-order valence-electron chi connectivity index (χ0n) is 10.9. The van der Waals surface area contributed by atoms with Gasteiger partial charge in [0.2, 0.25) is 0 Å². The average Bonchev–Trinajstić information content (AvgIpc) is 2.45. The number of hydrogen-bond donors (Lipinski definition) is 0. The number of ketones is 1. The Balaban J connectivity index is 2.40. The van der Waals surface area contributed by atoms with E-state index in [4.69, 9.17) is 0 Å². The Morgan fingerprint density at radius 1 is 0.842 bits per heavy atom. The monoisotopic (exact) mass is 248 g/mol. The van der Waals surface area contributed by atoms with Crippen molar-refractivity contribution < 1.29 is 4.79 Å². The van der Waals surface area contributed by atoms with Gasteiger partial charge in [-0.05, 0) is 35.8 Å². The zero-order chi connectivity index (χ0) is 13.5. The molecule has 0 atom stereocenters. The van der Waals surface area contributed by atoms with E-state index < -0.39 is 0 Å². The maximum atomic E-state index is 11.1. The highest BCUT2D eigenvalue weighted by Crippen LogP contribution is 2.19. The molecule has 0 N–H and O–H groups in total. The summed E-state index contributed by atoms with van der Waals surface area (Å²) in [5.74, 6) is 0.0508. The van der Waals surface area contributed by atoms with Crippen LogP contribution in [0.5, 0.6) is 0 Å². The predicted octanol–water partition coefficient (Wildman–Crippen LogP) is 4.37. The summed E-state index contributed by atoms with van der Waals surface area (Å²) in [5, 5.41) is 0. The maximum Gasteiger partial charge on any atom is 0.152 e. The summed E-state index contributed by atoms with van der Waals surface area (Å²) in [7, 11) is 0. The summed E-state index contributed by atoms with van der Waals surface area (Å²) in [6.07, 6.45) is 5.54. The lowest BCUT2D eigenvalue weighted by atomic mass is 10.0. The molecule has 1 heteroatoms. The summed E-state index contributed by atoms with van der Waals surface area (Å²) < 4.78 is 0. The second kappa shape index (κ2) is 6.50. The molecule has 94 valence electrons. The van der Waals surface area contributed by atoms with Gasteiger partial charge in [0.15, 0.2) is 5.78 Å². The van der Waals surface area contributed by atoms with Gasteiger partial charge in [-0.25, -0.2) is 0 Å². The van der Waals surface area contributed by atoms with Gasteiger partial charge in [0, 0.05) is 0 Å². The first-order valence-electron chi connectivity index (χ1n) is 6.26. The fourth-order valence-electron chi connectivity index (χ4n) is 1.79. The third-order valence-corrected chi connectivity index (χ3v) is 2.73. The summed E-state index contributed by atoms with van der Waals surface area (Å²) in [6.45, 7) is 1.56. The largest absolute Gasteiger partial charge is 0.295 e. The van der Waals surface area contributed by atoms with Gasteiger partial charge in [0.1, 0.15) is 0 Å². The third kappa shape index (κ3) is 4.07. The first-order chi connectivity index (χ1) is 9.25. The topological polar surface area (TPSA) is 17.1 Å². The molecule has 0 saturated carbocycles. The van der Waals surface area contributed by atoms with Crippen molar-refractivity contribution in [3.8, 4) is 0 Å². The molecule has 0 aromatic heterocycles. The number of carbonyl (C=O) groups is 1. The first kappa shape index (κ1) is 13.0. The Labute approximate surface area is 113 Å². The van der Waals surface area contributed by atoms with Crippen molar-refractivity contribution in [2.24, 2.45) is 0 Å². The average molecular weight is 248 g/mol. The minimum absolute atomic E-state index is 0.0508. The van der Waals surface area contributed by atoms with Crippen LogP contribution < -0.4 is 0 Å². The standard InChI is InChI=1S/C18H16O/c1-15(19)12-13-18(17-10-6-3-7-11-17)14-16-8-4-2-5-9-16/h2-14H,1H3/b13-12+,18-14-. The molecule has 0 heterocycles. The summed E-state index contributed by atoms with van der Waals surface area (Å²) in [4.78, 5) is 11.1. The molecule has 2 rings (SSSR count). The summed E-state index contributed by atoms with van der Waals surface area (Å²) in [6, 6.07) is 20.1. The van der Waals surface area contributed by atoms with Crippen LogP contribution in [-0.2, 0) is 4.79 Å². The molecule has 0 aliphatic carbocycles. The van der Waals surface area contributed by atoms with E-state index in [1.165, 1.54) is 0 Å². The molecule has 0 bridgehead atoms. The van der Waals surface area contributed by atoms with Crippen LogP contribution in [0.4, 0.5) is 0 Å². The number of rotatable bonds is 4. The first-order valence-corrected chi connectivity index (χ1v) is 6.26. The molecule has 0 aliphatic rings. The van der Waals surface area contributed by atoms with Crippen molar-refractivity contribution in [2.75, 3.05) is 0 Å². The SMILES string of the molecule is CC(=O)/C=C/C(=C/c1ccccc1)c1ccccc1. The Bertz CT molecular complexity index is 592. The van der Waals surface area contributed by atoms with Crippen molar-refractivity contribution >= 4 is 17.4 Å². The molecule has 2 aromatic rings. The Morgan fingerprint density at radius 2 is 1.42 bits per heavy atom. The molecule has 0 saturated heterocycles. The van der Waals surface area contributed by atoms with Gasteiger partial charge in [-0.3, -0.25) is 4.79 Å². The molecule has 0 aliphatic heterocycles. The van der Waals surface area contributed by atoms with Crippen molar-refractivity contribution in [1.29, 1.82) is 0 Å². The highest BCUT2D eigenvalue weighted by atomic mass is 16.1. The van der Waals surface area contributed by atoms with Crippen LogP contribution in [0, 0.1) is 0 Å². The van der Waals surface area contributed by atoms with Gasteiger partial charge in [-0.2, -0.15) is 0 Å². The molecule has 0 spiro atoms.